The molecule has 3 aliphatic rings. The highest BCUT2D eigenvalue weighted by molar-refractivity contribution is 5.98. The molecule has 4 rings (SSSR count). The van der Waals surface area contributed by atoms with E-state index < -0.39 is 23.5 Å². The molecule has 1 aliphatic carbocycles. The van der Waals surface area contributed by atoms with Gasteiger partial charge in [0.1, 0.15) is 17.6 Å². The van der Waals surface area contributed by atoms with E-state index in [1.807, 2.05) is 11.9 Å². The molecule has 0 N–H and O–H groups in total. The van der Waals surface area contributed by atoms with Gasteiger partial charge in [0.25, 0.3) is 5.91 Å². The van der Waals surface area contributed by atoms with E-state index >= 15 is 0 Å². The molecule has 1 unspecified atom stereocenters. The Bertz CT molecular complexity index is 742. The predicted molar refractivity (Wildman–Crippen MR) is 102 cm³/mol. The molecule has 1 aromatic rings. The lowest BCUT2D eigenvalue weighted by Gasteiger charge is -2.42. The number of likely N-dealkylation sites (N-methyl/N-ethyl adjacent to an activating group) is 1. The van der Waals surface area contributed by atoms with Crippen molar-refractivity contribution in [1.29, 1.82) is 0 Å². The fourth-order valence-corrected chi connectivity index (χ4v) is 4.66. The zero-order valence-electron chi connectivity index (χ0n) is 16.4. The highest BCUT2D eigenvalue weighted by atomic mass is 19.1. The number of rotatable bonds is 2. The van der Waals surface area contributed by atoms with Crippen LogP contribution in [0.25, 0.3) is 0 Å². The maximum absolute atomic E-state index is 14.4. The first-order chi connectivity index (χ1) is 13.5. The molecule has 3 fully saturated rings. The van der Waals surface area contributed by atoms with Crippen LogP contribution >= 0.6 is 0 Å². The Labute approximate surface area is 165 Å². The first-order valence-electron chi connectivity index (χ1n) is 10.2. The number of ether oxygens (including phenoxy) is 1. The summed E-state index contributed by atoms with van der Waals surface area (Å²) in [6.07, 6.45) is 4.36. The number of amides is 2. The number of carbonyl (C=O) groups is 2. The first kappa shape index (κ1) is 19.3. The van der Waals surface area contributed by atoms with Gasteiger partial charge in [0.05, 0.1) is 12.2 Å². The van der Waals surface area contributed by atoms with E-state index in [1.165, 1.54) is 12.1 Å². The Hall–Kier alpha value is -1.99. The second-order valence-electron chi connectivity index (χ2n) is 8.12. The minimum atomic E-state index is -0.787. The summed E-state index contributed by atoms with van der Waals surface area (Å²) in [6, 6.07) is 5.31. The second kappa shape index (κ2) is 7.79. The van der Waals surface area contributed by atoms with Crippen molar-refractivity contribution < 1.29 is 18.7 Å². The summed E-state index contributed by atoms with van der Waals surface area (Å²) >= 11 is 0. The molecule has 0 bridgehead atoms. The molecular weight excluding hydrogens is 361 g/mol. The fourth-order valence-electron chi connectivity index (χ4n) is 4.66. The third-order valence-electron chi connectivity index (χ3n) is 6.32. The van der Waals surface area contributed by atoms with Gasteiger partial charge in [0.15, 0.2) is 0 Å². The molecule has 7 heteroatoms. The lowest BCUT2D eigenvalue weighted by Crippen LogP contribution is -2.59. The van der Waals surface area contributed by atoms with E-state index in [4.69, 9.17) is 4.74 Å². The molecule has 2 amide bonds. The molecule has 1 atom stereocenters. The van der Waals surface area contributed by atoms with Gasteiger partial charge in [-0.15, -0.1) is 0 Å². The number of benzene rings is 1. The van der Waals surface area contributed by atoms with Gasteiger partial charge in [-0.25, -0.2) is 4.39 Å². The molecule has 2 heterocycles. The highest BCUT2D eigenvalue weighted by Gasteiger charge is 2.54. The summed E-state index contributed by atoms with van der Waals surface area (Å²) in [4.78, 5) is 32.3. The minimum absolute atomic E-state index is 0.00845. The van der Waals surface area contributed by atoms with Crippen LogP contribution in [-0.2, 0) is 9.53 Å². The number of carbonyl (C=O) groups excluding carboxylic acids is 2. The van der Waals surface area contributed by atoms with Crippen LogP contribution in [0.2, 0.25) is 0 Å². The molecule has 2 aliphatic heterocycles. The van der Waals surface area contributed by atoms with Crippen molar-refractivity contribution in [2.45, 2.75) is 43.9 Å². The van der Waals surface area contributed by atoms with E-state index in [1.54, 1.807) is 17.0 Å². The smallest absolute Gasteiger partial charge is 0.259 e. The Morgan fingerprint density at radius 3 is 2.43 bits per heavy atom. The molecular formula is C21H28FN3O3. The molecule has 0 radical (unpaired) electrons. The average molecular weight is 389 g/mol. The Kier molecular flexibility index (Phi) is 5.38. The van der Waals surface area contributed by atoms with Gasteiger partial charge in [-0.05, 0) is 44.9 Å². The summed E-state index contributed by atoms with van der Waals surface area (Å²) in [5.41, 5.74) is -0.779. The van der Waals surface area contributed by atoms with Gasteiger partial charge in [0.2, 0.25) is 5.91 Å². The summed E-state index contributed by atoms with van der Waals surface area (Å²) in [6.45, 7) is 3.09. The van der Waals surface area contributed by atoms with E-state index in [-0.39, 0.29) is 18.1 Å². The lowest BCUT2D eigenvalue weighted by atomic mass is 9.89. The number of halogens is 1. The summed E-state index contributed by atoms with van der Waals surface area (Å²) in [5, 5.41) is 0. The number of nitrogens with zero attached hydrogens (tertiary/aromatic N) is 3. The predicted octanol–water partition coefficient (Wildman–Crippen LogP) is 2.10. The Balaban J connectivity index is 1.64. The van der Waals surface area contributed by atoms with Crippen LogP contribution < -0.4 is 0 Å². The third kappa shape index (κ3) is 3.42. The van der Waals surface area contributed by atoms with Crippen molar-refractivity contribution in [3.63, 3.8) is 0 Å². The summed E-state index contributed by atoms with van der Waals surface area (Å²) in [5.74, 6) is -1.08. The van der Waals surface area contributed by atoms with Crippen LogP contribution in [0.5, 0.6) is 0 Å². The van der Waals surface area contributed by atoms with Gasteiger partial charge in [0, 0.05) is 26.2 Å². The molecule has 0 aromatic heterocycles. The van der Waals surface area contributed by atoms with Gasteiger partial charge in [-0.1, -0.05) is 18.6 Å². The number of piperazine rings is 1. The van der Waals surface area contributed by atoms with Crippen LogP contribution in [0.15, 0.2) is 24.3 Å². The molecule has 1 aromatic carbocycles. The van der Waals surface area contributed by atoms with Crippen molar-refractivity contribution in [1.82, 2.24) is 14.7 Å². The van der Waals surface area contributed by atoms with Crippen LogP contribution in [0.3, 0.4) is 0 Å². The van der Waals surface area contributed by atoms with E-state index in [0.717, 1.165) is 32.4 Å². The van der Waals surface area contributed by atoms with E-state index in [9.17, 15) is 14.0 Å². The molecule has 152 valence electrons. The Morgan fingerprint density at radius 1 is 1.07 bits per heavy atom. The molecule has 6 nitrogen and oxygen atoms in total. The number of hydrogen-bond acceptors (Lipinski definition) is 4. The monoisotopic (exact) mass is 389 g/mol. The SMILES string of the molecule is CN1CCN(C(=O)C2COC3(CCCCC3)N2C(=O)c2ccccc2F)CC1. The van der Waals surface area contributed by atoms with E-state index in [2.05, 4.69) is 4.90 Å². The third-order valence-corrected chi connectivity index (χ3v) is 6.32. The minimum Gasteiger partial charge on any atom is -0.353 e. The van der Waals surface area contributed by atoms with E-state index in [0.29, 0.717) is 25.9 Å². The zero-order valence-corrected chi connectivity index (χ0v) is 16.4. The lowest BCUT2D eigenvalue weighted by molar-refractivity contribution is -0.138. The normalized spacial score (nSPS) is 25.3. The highest BCUT2D eigenvalue weighted by Crippen LogP contribution is 2.42. The van der Waals surface area contributed by atoms with Crippen LogP contribution in [0.4, 0.5) is 4.39 Å². The maximum Gasteiger partial charge on any atom is 0.259 e. The molecule has 28 heavy (non-hydrogen) atoms. The topological polar surface area (TPSA) is 53.1 Å². The van der Waals surface area contributed by atoms with Crippen molar-refractivity contribution >= 4 is 11.8 Å². The van der Waals surface area contributed by atoms with Crippen LogP contribution in [0.1, 0.15) is 42.5 Å². The van der Waals surface area contributed by atoms with Crippen molar-refractivity contribution in [3.05, 3.63) is 35.6 Å². The van der Waals surface area contributed by atoms with Crippen molar-refractivity contribution in [3.8, 4) is 0 Å². The average Bonchev–Trinajstić information content (AvgIpc) is 3.06. The van der Waals surface area contributed by atoms with Gasteiger partial charge in [-0.2, -0.15) is 0 Å². The summed E-state index contributed by atoms with van der Waals surface area (Å²) < 4.78 is 20.5. The second-order valence-corrected chi connectivity index (χ2v) is 8.12. The number of hydrogen-bond donors (Lipinski definition) is 0. The van der Waals surface area contributed by atoms with Crippen molar-refractivity contribution in [2.75, 3.05) is 39.8 Å². The van der Waals surface area contributed by atoms with Crippen LogP contribution in [0, 0.1) is 5.82 Å². The zero-order chi connectivity index (χ0) is 19.7. The molecule has 2 saturated heterocycles. The quantitative estimate of drug-likeness (QED) is 0.777. The Morgan fingerprint density at radius 2 is 1.75 bits per heavy atom. The van der Waals surface area contributed by atoms with Gasteiger partial charge in [-0.3, -0.25) is 14.5 Å². The van der Waals surface area contributed by atoms with Crippen molar-refractivity contribution in [2.24, 2.45) is 0 Å². The summed E-state index contributed by atoms with van der Waals surface area (Å²) in [7, 11) is 2.03. The van der Waals surface area contributed by atoms with Crippen LogP contribution in [-0.4, -0.2) is 78.1 Å². The standard InChI is InChI=1S/C21H28FN3O3/c1-23-11-13-24(14-12-23)20(27)18-15-28-21(9-5-2-6-10-21)25(18)19(26)16-7-3-4-8-17(16)22/h3-4,7-8,18H,2,5-6,9-15H2,1H3. The molecule has 1 saturated carbocycles. The largest absolute Gasteiger partial charge is 0.353 e. The van der Waals surface area contributed by atoms with Gasteiger partial charge >= 0.3 is 0 Å². The first-order valence-corrected chi connectivity index (χ1v) is 10.2. The molecule has 1 spiro atoms. The fraction of sp³-hybridized carbons (Fsp3) is 0.619. The maximum atomic E-state index is 14.4. The van der Waals surface area contributed by atoms with Gasteiger partial charge < -0.3 is 14.5 Å².